The topological polar surface area (TPSA) is 36.5 Å². The van der Waals surface area contributed by atoms with Crippen LogP contribution in [0.2, 0.25) is 0 Å². The van der Waals surface area contributed by atoms with Crippen LogP contribution in [-0.4, -0.2) is 44.8 Å². The Hall–Kier alpha value is -1.10. The Morgan fingerprint density at radius 3 is 3.05 bits per heavy atom. The monoisotopic (exact) mass is 275 g/mol. The van der Waals surface area contributed by atoms with Crippen molar-refractivity contribution in [1.82, 2.24) is 10.2 Å². The Kier molecular flexibility index (Phi) is 4.24. The van der Waals surface area contributed by atoms with Gasteiger partial charge in [-0.25, -0.2) is 0 Å². The maximum Gasteiger partial charge on any atom is 0.0668 e. The first-order valence-corrected chi connectivity index (χ1v) is 7.57. The molecule has 1 aromatic carbocycles. The Morgan fingerprint density at radius 1 is 1.40 bits per heavy atom. The van der Waals surface area contributed by atoms with Gasteiger partial charge in [0.2, 0.25) is 0 Å². The van der Waals surface area contributed by atoms with Crippen molar-refractivity contribution in [2.45, 2.75) is 32.0 Å². The minimum atomic E-state index is 0.468. The van der Waals surface area contributed by atoms with E-state index in [9.17, 15) is 0 Å². The molecule has 0 spiro atoms. The van der Waals surface area contributed by atoms with Crippen LogP contribution in [0.25, 0.3) is 0 Å². The van der Waals surface area contributed by atoms with E-state index >= 15 is 0 Å². The van der Waals surface area contributed by atoms with E-state index in [1.54, 1.807) is 0 Å². The highest BCUT2D eigenvalue weighted by atomic mass is 16.5. The van der Waals surface area contributed by atoms with Crippen molar-refractivity contribution in [2.75, 3.05) is 39.2 Å². The average molecular weight is 275 g/mol. The van der Waals surface area contributed by atoms with Gasteiger partial charge in [0.05, 0.1) is 12.6 Å². The molecular weight excluding hydrogens is 250 g/mol. The summed E-state index contributed by atoms with van der Waals surface area (Å²) in [7, 11) is 4.25. The Morgan fingerprint density at radius 2 is 2.30 bits per heavy atom. The fourth-order valence-corrected chi connectivity index (χ4v) is 3.12. The standard InChI is InChI=1S/C16H25N3O/c1-19(2)10-12-7-13-3-5-17-9-15(13)16(8-12)18-14-4-6-20-11-14/h7-8,14,17-18H,3-6,9-11H2,1-2H3/t14-/m0/s1. The molecule has 4 nitrogen and oxygen atoms in total. The minimum Gasteiger partial charge on any atom is -0.380 e. The number of anilines is 1. The third-order valence-corrected chi connectivity index (χ3v) is 4.06. The number of fused-ring (bicyclic) bond motifs is 1. The van der Waals surface area contributed by atoms with E-state index in [4.69, 9.17) is 4.74 Å². The molecule has 0 saturated carbocycles. The molecule has 1 saturated heterocycles. The van der Waals surface area contributed by atoms with Gasteiger partial charge in [0, 0.05) is 25.4 Å². The number of rotatable bonds is 4. The van der Waals surface area contributed by atoms with E-state index in [-0.39, 0.29) is 0 Å². The van der Waals surface area contributed by atoms with E-state index in [0.29, 0.717) is 6.04 Å². The highest BCUT2D eigenvalue weighted by Gasteiger charge is 2.20. The molecule has 4 heteroatoms. The Labute approximate surface area is 121 Å². The van der Waals surface area contributed by atoms with Crippen molar-refractivity contribution in [3.05, 3.63) is 28.8 Å². The molecule has 0 radical (unpaired) electrons. The van der Waals surface area contributed by atoms with E-state index in [2.05, 4.69) is 41.8 Å². The van der Waals surface area contributed by atoms with Gasteiger partial charge in [-0.15, -0.1) is 0 Å². The first-order chi connectivity index (χ1) is 9.72. The molecular formula is C16H25N3O. The van der Waals surface area contributed by atoms with Crippen LogP contribution in [0.1, 0.15) is 23.1 Å². The molecule has 0 unspecified atom stereocenters. The quantitative estimate of drug-likeness (QED) is 0.875. The minimum absolute atomic E-state index is 0.468. The second kappa shape index (κ2) is 6.12. The molecule has 3 rings (SSSR count). The maximum atomic E-state index is 5.48. The Bertz CT molecular complexity index is 467. The summed E-state index contributed by atoms with van der Waals surface area (Å²) in [6.45, 7) is 4.78. The Balaban J connectivity index is 1.87. The number of hydrogen-bond acceptors (Lipinski definition) is 4. The zero-order valence-corrected chi connectivity index (χ0v) is 12.5. The van der Waals surface area contributed by atoms with Gasteiger partial charge < -0.3 is 20.3 Å². The van der Waals surface area contributed by atoms with Crippen LogP contribution in [0.3, 0.4) is 0 Å². The number of nitrogens with one attached hydrogen (secondary N) is 2. The lowest BCUT2D eigenvalue weighted by molar-refractivity contribution is 0.195. The van der Waals surface area contributed by atoms with Crippen molar-refractivity contribution >= 4 is 5.69 Å². The molecule has 0 aliphatic carbocycles. The van der Waals surface area contributed by atoms with Crippen LogP contribution in [-0.2, 0) is 24.2 Å². The first kappa shape index (κ1) is 13.9. The summed E-state index contributed by atoms with van der Waals surface area (Å²) in [5.41, 5.74) is 5.66. The second-order valence-corrected chi connectivity index (χ2v) is 6.15. The average Bonchev–Trinajstić information content (AvgIpc) is 2.91. The van der Waals surface area contributed by atoms with Crippen molar-refractivity contribution in [1.29, 1.82) is 0 Å². The third-order valence-electron chi connectivity index (χ3n) is 4.06. The van der Waals surface area contributed by atoms with Crippen LogP contribution in [0.5, 0.6) is 0 Å². The van der Waals surface area contributed by atoms with Crippen LogP contribution in [0.15, 0.2) is 12.1 Å². The maximum absolute atomic E-state index is 5.48. The summed E-state index contributed by atoms with van der Waals surface area (Å²) in [4.78, 5) is 2.23. The predicted octanol–water partition coefficient (Wildman–Crippen LogP) is 1.59. The van der Waals surface area contributed by atoms with Gasteiger partial charge in [0.25, 0.3) is 0 Å². The molecule has 2 aliphatic heterocycles. The van der Waals surface area contributed by atoms with E-state index in [1.807, 2.05) is 0 Å². The zero-order valence-electron chi connectivity index (χ0n) is 12.5. The van der Waals surface area contributed by atoms with Gasteiger partial charge in [-0.1, -0.05) is 6.07 Å². The zero-order chi connectivity index (χ0) is 13.9. The predicted molar refractivity (Wildman–Crippen MR) is 82.1 cm³/mol. The molecule has 2 aliphatic rings. The SMILES string of the molecule is CN(C)Cc1cc2c(c(N[C@H]3CCOC3)c1)CNCC2. The lowest BCUT2D eigenvalue weighted by atomic mass is 9.95. The van der Waals surface area contributed by atoms with Crippen LogP contribution in [0, 0.1) is 0 Å². The molecule has 0 amide bonds. The summed E-state index contributed by atoms with van der Waals surface area (Å²) in [5, 5.41) is 7.18. The highest BCUT2D eigenvalue weighted by Crippen LogP contribution is 2.27. The molecule has 2 N–H and O–H groups in total. The summed E-state index contributed by atoms with van der Waals surface area (Å²) in [5.74, 6) is 0. The van der Waals surface area contributed by atoms with Gasteiger partial charge in [-0.2, -0.15) is 0 Å². The van der Waals surface area contributed by atoms with Crippen LogP contribution < -0.4 is 10.6 Å². The normalized spacial score (nSPS) is 22.1. The summed E-state index contributed by atoms with van der Waals surface area (Å²) < 4.78 is 5.48. The van der Waals surface area contributed by atoms with Crippen LogP contribution >= 0.6 is 0 Å². The highest BCUT2D eigenvalue weighted by molar-refractivity contribution is 5.58. The molecule has 0 bridgehead atoms. The van der Waals surface area contributed by atoms with Gasteiger partial charge in [-0.05, 0) is 56.2 Å². The van der Waals surface area contributed by atoms with E-state index < -0.39 is 0 Å². The first-order valence-electron chi connectivity index (χ1n) is 7.57. The van der Waals surface area contributed by atoms with E-state index in [0.717, 1.165) is 45.7 Å². The largest absolute Gasteiger partial charge is 0.380 e. The van der Waals surface area contributed by atoms with Gasteiger partial charge in [-0.3, -0.25) is 0 Å². The molecule has 0 aromatic heterocycles. The lowest BCUT2D eigenvalue weighted by Crippen LogP contribution is -2.27. The van der Waals surface area contributed by atoms with Crippen molar-refractivity contribution in [3.63, 3.8) is 0 Å². The molecule has 110 valence electrons. The summed E-state index contributed by atoms with van der Waals surface area (Å²) in [6.07, 6.45) is 2.24. The molecule has 20 heavy (non-hydrogen) atoms. The third kappa shape index (κ3) is 3.14. The fourth-order valence-electron chi connectivity index (χ4n) is 3.12. The van der Waals surface area contributed by atoms with Gasteiger partial charge in [0.15, 0.2) is 0 Å². The number of hydrogen-bond donors (Lipinski definition) is 2. The van der Waals surface area contributed by atoms with Gasteiger partial charge >= 0.3 is 0 Å². The number of nitrogens with zero attached hydrogens (tertiary/aromatic N) is 1. The fraction of sp³-hybridized carbons (Fsp3) is 0.625. The lowest BCUT2D eigenvalue weighted by Gasteiger charge is -2.25. The smallest absolute Gasteiger partial charge is 0.0668 e. The molecule has 1 atom stereocenters. The summed E-state index contributed by atoms with van der Waals surface area (Å²) in [6, 6.07) is 5.17. The number of ether oxygens (including phenoxy) is 1. The van der Waals surface area contributed by atoms with Gasteiger partial charge in [0.1, 0.15) is 0 Å². The van der Waals surface area contributed by atoms with E-state index in [1.165, 1.54) is 22.4 Å². The second-order valence-electron chi connectivity index (χ2n) is 6.15. The van der Waals surface area contributed by atoms with Crippen molar-refractivity contribution in [2.24, 2.45) is 0 Å². The van der Waals surface area contributed by atoms with Crippen molar-refractivity contribution in [3.8, 4) is 0 Å². The van der Waals surface area contributed by atoms with Crippen molar-refractivity contribution < 1.29 is 4.74 Å². The molecule has 1 aromatic rings. The molecule has 2 heterocycles. The number of benzene rings is 1. The summed E-state index contributed by atoms with van der Waals surface area (Å²) >= 11 is 0. The van der Waals surface area contributed by atoms with Crippen LogP contribution in [0.4, 0.5) is 5.69 Å². The molecule has 1 fully saturated rings.